The fraction of sp³-hybridized carbons (Fsp3) is 0.0476. The third-order valence-corrected chi connectivity index (χ3v) is 4.09. The first kappa shape index (κ1) is 15.1. The van der Waals surface area contributed by atoms with Crippen LogP contribution in [0.2, 0.25) is 0 Å². The second-order valence-corrected chi connectivity index (χ2v) is 5.87. The molecule has 4 aromatic rings. The molecule has 0 aliphatic carbocycles. The van der Waals surface area contributed by atoms with Crippen molar-refractivity contribution < 1.29 is 4.79 Å². The van der Waals surface area contributed by atoms with Crippen molar-refractivity contribution in [2.45, 2.75) is 6.92 Å². The first-order chi connectivity index (χ1) is 12.2. The fourth-order valence-electron chi connectivity index (χ4n) is 3.00. The molecule has 1 aromatic heterocycles. The van der Waals surface area contributed by atoms with Crippen LogP contribution in [0.15, 0.2) is 72.8 Å². The maximum absolute atomic E-state index is 11.5. The Hall–Kier alpha value is -3.40. The van der Waals surface area contributed by atoms with Gasteiger partial charge in [0.2, 0.25) is 5.91 Å². The van der Waals surface area contributed by atoms with Gasteiger partial charge in [-0.05, 0) is 24.3 Å². The van der Waals surface area contributed by atoms with E-state index in [1.165, 1.54) is 6.92 Å². The number of pyridine rings is 1. The molecule has 2 N–H and O–H groups in total. The van der Waals surface area contributed by atoms with Crippen molar-refractivity contribution >= 4 is 44.8 Å². The lowest BCUT2D eigenvalue weighted by molar-refractivity contribution is -0.114. The van der Waals surface area contributed by atoms with Gasteiger partial charge in [0.15, 0.2) is 0 Å². The summed E-state index contributed by atoms with van der Waals surface area (Å²) in [4.78, 5) is 16.2. The molecular weight excluding hydrogens is 310 g/mol. The molecule has 25 heavy (non-hydrogen) atoms. The summed E-state index contributed by atoms with van der Waals surface area (Å²) in [6.07, 6.45) is 0. The molecule has 0 fully saturated rings. The van der Waals surface area contributed by atoms with Crippen molar-refractivity contribution in [2.75, 3.05) is 10.6 Å². The molecule has 1 heterocycles. The van der Waals surface area contributed by atoms with Crippen molar-refractivity contribution in [3.05, 3.63) is 72.8 Å². The van der Waals surface area contributed by atoms with Crippen LogP contribution in [-0.2, 0) is 4.79 Å². The number of rotatable bonds is 3. The number of fused-ring (bicyclic) bond motifs is 2. The Morgan fingerprint density at radius 2 is 1.28 bits per heavy atom. The van der Waals surface area contributed by atoms with Crippen molar-refractivity contribution in [2.24, 2.45) is 0 Å². The lowest BCUT2D eigenvalue weighted by atomic mass is 10.1. The van der Waals surface area contributed by atoms with Crippen LogP contribution < -0.4 is 10.6 Å². The first-order valence-corrected chi connectivity index (χ1v) is 8.13. The predicted octanol–water partition coefficient (Wildman–Crippen LogP) is 5.09. The fourth-order valence-corrected chi connectivity index (χ4v) is 3.00. The van der Waals surface area contributed by atoms with Gasteiger partial charge in [0.25, 0.3) is 0 Å². The molecule has 0 bridgehead atoms. The van der Waals surface area contributed by atoms with Crippen LogP contribution >= 0.6 is 0 Å². The van der Waals surface area contributed by atoms with Crippen molar-refractivity contribution in [3.63, 3.8) is 0 Å². The smallest absolute Gasteiger partial charge is 0.221 e. The number of nitrogens with zero attached hydrogens (tertiary/aromatic N) is 1. The molecule has 0 spiro atoms. The van der Waals surface area contributed by atoms with Crippen molar-refractivity contribution in [3.8, 4) is 0 Å². The van der Waals surface area contributed by atoms with Gasteiger partial charge in [-0.15, -0.1) is 0 Å². The zero-order valence-electron chi connectivity index (χ0n) is 13.8. The van der Waals surface area contributed by atoms with E-state index in [1.807, 2.05) is 60.7 Å². The van der Waals surface area contributed by atoms with Crippen molar-refractivity contribution in [1.82, 2.24) is 4.98 Å². The lowest BCUT2D eigenvalue weighted by Gasteiger charge is -2.16. The van der Waals surface area contributed by atoms with Crippen LogP contribution in [-0.4, -0.2) is 10.9 Å². The molecule has 0 aliphatic rings. The SMILES string of the molecule is CC(=O)Nc1ccccc1Nc1c2ccccc2nc2ccccc12. The summed E-state index contributed by atoms with van der Waals surface area (Å²) in [5.41, 5.74) is 4.44. The maximum atomic E-state index is 11.5. The largest absolute Gasteiger partial charge is 0.353 e. The Labute approximate surface area is 145 Å². The molecule has 4 nitrogen and oxygen atoms in total. The summed E-state index contributed by atoms with van der Waals surface area (Å²) in [7, 11) is 0. The minimum absolute atomic E-state index is 0.0984. The predicted molar refractivity (Wildman–Crippen MR) is 103 cm³/mol. The zero-order chi connectivity index (χ0) is 17.2. The second-order valence-electron chi connectivity index (χ2n) is 5.87. The summed E-state index contributed by atoms with van der Waals surface area (Å²) in [6.45, 7) is 1.51. The number of hydrogen-bond acceptors (Lipinski definition) is 3. The van der Waals surface area contributed by atoms with Gasteiger partial charge in [-0.3, -0.25) is 4.79 Å². The Bertz CT molecular complexity index is 1030. The molecule has 0 unspecified atom stereocenters. The second kappa shape index (κ2) is 6.24. The number of carbonyl (C=O) groups is 1. The molecule has 0 atom stereocenters. The van der Waals surface area contributed by atoms with Gasteiger partial charge in [-0.1, -0.05) is 48.5 Å². The molecule has 0 saturated carbocycles. The number of benzene rings is 3. The van der Waals surface area contributed by atoms with E-state index in [0.29, 0.717) is 0 Å². The Balaban J connectivity index is 1.93. The minimum Gasteiger partial charge on any atom is -0.353 e. The van der Waals surface area contributed by atoms with Gasteiger partial charge in [0, 0.05) is 17.7 Å². The summed E-state index contributed by atoms with van der Waals surface area (Å²) in [5.74, 6) is -0.0984. The number of amides is 1. The molecule has 0 saturated heterocycles. The van der Waals surface area contributed by atoms with Crippen LogP contribution in [0.4, 0.5) is 17.1 Å². The van der Waals surface area contributed by atoms with Crippen LogP contribution in [0.5, 0.6) is 0 Å². The highest BCUT2D eigenvalue weighted by Gasteiger charge is 2.11. The molecule has 1 amide bonds. The number of para-hydroxylation sites is 4. The lowest BCUT2D eigenvalue weighted by Crippen LogP contribution is -2.08. The molecule has 3 aromatic carbocycles. The Morgan fingerprint density at radius 3 is 1.88 bits per heavy atom. The van der Waals surface area contributed by atoms with E-state index >= 15 is 0 Å². The van der Waals surface area contributed by atoms with E-state index in [1.54, 1.807) is 0 Å². The van der Waals surface area contributed by atoms with Gasteiger partial charge in [0.05, 0.1) is 28.1 Å². The molecular formula is C21H17N3O. The standard InChI is InChI=1S/C21H17N3O/c1-14(25)22-19-12-6-7-13-20(19)24-21-15-8-2-4-10-17(15)23-18-11-5-3-9-16(18)21/h2-13H,1H3,(H,22,25)(H,23,24). The number of anilines is 3. The molecule has 4 rings (SSSR count). The summed E-state index contributed by atoms with van der Waals surface area (Å²) >= 11 is 0. The number of nitrogens with one attached hydrogen (secondary N) is 2. The summed E-state index contributed by atoms with van der Waals surface area (Å²) in [6, 6.07) is 23.8. The number of aromatic nitrogens is 1. The van der Waals surface area contributed by atoms with Gasteiger partial charge in [-0.25, -0.2) is 4.98 Å². The van der Waals surface area contributed by atoms with E-state index in [-0.39, 0.29) is 5.91 Å². The first-order valence-electron chi connectivity index (χ1n) is 8.13. The number of carbonyl (C=O) groups excluding carboxylic acids is 1. The molecule has 0 aliphatic heterocycles. The minimum atomic E-state index is -0.0984. The number of hydrogen-bond donors (Lipinski definition) is 2. The van der Waals surface area contributed by atoms with Crippen LogP contribution in [0, 0.1) is 0 Å². The van der Waals surface area contributed by atoms with Gasteiger partial charge >= 0.3 is 0 Å². The highest BCUT2D eigenvalue weighted by atomic mass is 16.1. The van der Waals surface area contributed by atoms with Gasteiger partial charge in [0.1, 0.15) is 0 Å². The van der Waals surface area contributed by atoms with E-state index in [0.717, 1.165) is 38.9 Å². The van der Waals surface area contributed by atoms with E-state index in [4.69, 9.17) is 4.98 Å². The van der Waals surface area contributed by atoms with Crippen molar-refractivity contribution in [1.29, 1.82) is 0 Å². The average Bonchev–Trinajstić information content (AvgIpc) is 2.62. The topological polar surface area (TPSA) is 54.0 Å². The Morgan fingerprint density at radius 1 is 0.760 bits per heavy atom. The highest BCUT2D eigenvalue weighted by Crippen LogP contribution is 2.35. The van der Waals surface area contributed by atoms with E-state index in [2.05, 4.69) is 22.8 Å². The third-order valence-electron chi connectivity index (χ3n) is 4.09. The molecule has 4 heteroatoms. The third kappa shape index (κ3) is 2.90. The molecule has 0 radical (unpaired) electrons. The monoisotopic (exact) mass is 327 g/mol. The summed E-state index contributed by atoms with van der Waals surface area (Å²) < 4.78 is 0. The molecule has 122 valence electrons. The van der Waals surface area contributed by atoms with Gasteiger partial charge in [-0.2, -0.15) is 0 Å². The van der Waals surface area contributed by atoms with Crippen LogP contribution in [0.3, 0.4) is 0 Å². The Kier molecular flexibility index (Phi) is 3.78. The quantitative estimate of drug-likeness (QED) is 0.515. The van der Waals surface area contributed by atoms with E-state index < -0.39 is 0 Å². The normalized spacial score (nSPS) is 10.8. The highest BCUT2D eigenvalue weighted by molar-refractivity contribution is 6.09. The van der Waals surface area contributed by atoms with Crippen LogP contribution in [0.25, 0.3) is 21.8 Å². The average molecular weight is 327 g/mol. The maximum Gasteiger partial charge on any atom is 0.221 e. The van der Waals surface area contributed by atoms with Gasteiger partial charge < -0.3 is 10.6 Å². The summed E-state index contributed by atoms with van der Waals surface area (Å²) in [5, 5.41) is 8.46. The van der Waals surface area contributed by atoms with E-state index in [9.17, 15) is 4.79 Å². The zero-order valence-corrected chi connectivity index (χ0v) is 13.8. The van der Waals surface area contributed by atoms with Crippen LogP contribution in [0.1, 0.15) is 6.92 Å².